The van der Waals surface area contributed by atoms with Gasteiger partial charge >= 0.3 is 0 Å². The average Bonchev–Trinajstić information content (AvgIpc) is 3.78. The van der Waals surface area contributed by atoms with Gasteiger partial charge < -0.3 is 29.9 Å². The molecule has 0 radical (unpaired) electrons. The standard InChI is InChI=1S/C28H37IN2O7/c1-37-24-13-17(16-33)12-21(29)26(24)38-23-15-19(27(35)30-10-11-32)14-22(25(23)34)31(28(36)18-8-9-18)20-6-4-2-3-5-7-20/h12-13,15-16,18,20,22-23,25,32,34H,2-11,14H2,1H3,(H,30,35). The van der Waals surface area contributed by atoms with Crippen molar-refractivity contribution in [3.63, 3.8) is 0 Å². The van der Waals surface area contributed by atoms with Crippen molar-refractivity contribution in [2.75, 3.05) is 20.3 Å². The first-order valence-electron chi connectivity index (χ1n) is 13.5. The van der Waals surface area contributed by atoms with Gasteiger partial charge in [0.05, 0.1) is 23.3 Å². The Labute approximate surface area is 237 Å². The lowest BCUT2D eigenvalue weighted by molar-refractivity contribution is -0.144. The second kappa shape index (κ2) is 13.3. The van der Waals surface area contributed by atoms with E-state index in [2.05, 4.69) is 5.32 Å². The zero-order valence-corrected chi connectivity index (χ0v) is 23.9. The molecule has 1 aromatic carbocycles. The molecule has 3 aliphatic rings. The van der Waals surface area contributed by atoms with E-state index in [1.165, 1.54) is 7.11 Å². The molecule has 9 nitrogen and oxygen atoms in total. The fourth-order valence-electron chi connectivity index (χ4n) is 5.50. The van der Waals surface area contributed by atoms with E-state index in [9.17, 15) is 24.6 Å². The topological polar surface area (TPSA) is 125 Å². The summed E-state index contributed by atoms with van der Waals surface area (Å²) in [4.78, 5) is 40.0. The van der Waals surface area contributed by atoms with Gasteiger partial charge in [0.1, 0.15) is 18.5 Å². The van der Waals surface area contributed by atoms with Gasteiger partial charge in [-0.15, -0.1) is 0 Å². The van der Waals surface area contributed by atoms with Crippen molar-refractivity contribution in [1.82, 2.24) is 10.2 Å². The number of methoxy groups -OCH3 is 1. The summed E-state index contributed by atoms with van der Waals surface area (Å²) >= 11 is 2.05. The minimum Gasteiger partial charge on any atom is -0.493 e. The summed E-state index contributed by atoms with van der Waals surface area (Å²) in [5, 5.41) is 23.6. The predicted molar refractivity (Wildman–Crippen MR) is 149 cm³/mol. The number of halogens is 1. The first-order chi connectivity index (χ1) is 18.4. The number of benzene rings is 1. The number of aliphatic hydroxyl groups is 2. The number of rotatable bonds is 10. The SMILES string of the molecule is COc1cc(C=O)cc(I)c1OC1C=C(C(=O)NCCO)CC(N(C(=O)C2CC2)C2CCCCCC2)C1O. The Balaban J connectivity index is 1.71. The van der Waals surface area contributed by atoms with E-state index in [0.717, 1.165) is 57.7 Å². The molecule has 1 aromatic rings. The third kappa shape index (κ3) is 6.69. The molecule has 3 N–H and O–H groups in total. The number of ether oxygens (including phenoxy) is 2. The molecule has 2 amide bonds. The minimum absolute atomic E-state index is 0.00676. The summed E-state index contributed by atoms with van der Waals surface area (Å²) in [6, 6.07) is 2.59. The second-order valence-electron chi connectivity index (χ2n) is 10.3. The number of carbonyl (C=O) groups is 3. The Kier molecular flexibility index (Phi) is 10.1. The van der Waals surface area contributed by atoms with Crippen LogP contribution in [0.3, 0.4) is 0 Å². The Morgan fingerprint density at radius 2 is 1.87 bits per heavy atom. The maximum Gasteiger partial charge on any atom is 0.247 e. The van der Waals surface area contributed by atoms with Gasteiger partial charge in [0, 0.05) is 36.1 Å². The van der Waals surface area contributed by atoms with Gasteiger partial charge in [-0.2, -0.15) is 0 Å². The first kappa shape index (κ1) is 28.8. The lowest BCUT2D eigenvalue weighted by atomic mass is 9.86. The number of nitrogens with zero attached hydrogens (tertiary/aromatic N) is 1. The van der Waals surface area contributed by atoms with Crippen LogP contribution in [0.4, 0.5) is 0 Å². The molecule has 2 fully saturated rings. The van der Waals surface area contributed by atoms with Gasteiger partial charge in [-0.25, -0.2) is 0 Å². The Morgan fingerprint density at radius 1 is 1.16 bits per heavy atom. The molecular formula is C28H37IN2O7. The maximum absolute atomic E-state index is 13.7. The number of aliphatic hydroxyl groups excluding tert-OH is 2. The van der Waals surface area contributed by atoms with Gasteiger partial charge in [0.25, 0.3) is 0 Å². The molecule has 10 heteroatoms. The Morgan fingerprint density at radius 3 is 2.47 bits per heavy atom. The van der Waals surface area contributed by atoms with Crippen LogP contribution in [0.1, 0.15) is 68.1 Å². The van der Waals surface area contributed by atoms with Gasteiger partial charge in [0.15, 0.2) is 11.5 Å². The average molecular weight is 641 g/mol. The van der Waals surface area contributed by atoms with Crippen molar-refractivity contribution in [3.8, 4) is 11.5 Å². The molecule has 0 aliphatic heterocycles. The van der Waals surface area contributed by atoms with E-state index in [1.807, 2.05) is 27.5 Å². The normalized spacial score (nSPS) is 24.1. The summed E-state index contributed by atoms with van der Waals surface area (Å²) in [5.41, 5.74) is 0.828. The highest BCUT2D eigenvalue weighted by molar-refractivity contribution is 14.1. The molecule has 38 heavy (non-hydrogen) atoms. The molecule has 2 saturated carbocycles. The minimum atomic E-state index is -1.08. The van der Waals surface area contributed by atoms with Crippen molar-refractivity contribution in [2.24, 2.45) is 5.92 Å². The second-order valence-corrected chi connectivity index (χ2v) is 11.5. The molecule has 208 valence electrons. The number of hydrogen-bond acceptors (Lipinski definition) is 7. The molecule has 0 saturated heterocycles. The molecule has 0 spiro atoms. The number of hydrogen-bond donors (Lipinski definition) is 3. The van der Waals surface area contributed by atoms with Crippen LogP contribution in [-0.2, 0) is 9.59 Å². The van der Waals surface area contributed by atoms with E-state index in [4.69, 9.17) is 9.47 Å². The van der Waals surface area contributed by atoms with Crippen LogP contribution < -0.4 is 14.8 Å². The highest BCUT2D eigenvalue weighted by Gasteiger charge is 2.46. The van der Waals surface area contributed by atoms with Gasteiger partial charge in [-0.3, -0.25) is 14.4 Å². The number of amides is 2. The zero-order valence-electron chi connectivity index (χ0n) is 21.7. The number of carbonyl (C=O) groups excluding carboxylic acids is 3. The van der Waals surface area contributed by atoms with Crippen molar-refractivity contribution in [3.05, 3.63) is 32.9 Å². The predicted octanol–water partition coefficient (Wildman–Crippen LogP) is 2.99. The lowest BCUT2D eigenvalue weighted by Gasteiger charge is -2.44. The fraction of sp³-hybridized carbons (Fsp3) is 0.607. The quantitative estimate of drug-likeness (QED) is 0.204. The van der Waals surface area contributed by atoms with E-state index >= 15 is 0 Å². The summed E-state index contributed by atoms with van der Waals surface area (Å²) in [7, 11) is 1.47. The van der Waals surface area contributed by atoms with Crippen molar-refractivity contribution in [2.45, 2.75) is 82.1 Å². The van der Waals surface area contributed by atoms with Crippen LogP contribution in [0.15, 0.2) is 23.8 Å². The van der Waals surface area contributed by atoms with E-state index < -0.39 is 18.2 Å². The van der Waals surface area contributed by atoms with Crippen molar-refractivity contribution in [1.29, 1.82) is 0 Å². The molecule has 4 rings (SSSR count). The lowest BCUT2D eigenvalue weighted by Crippen LogP contribution is -2.58. The molecular weight excluding hydrogens is 603 g/mol. The molecule has 0 heterocycles. The number of aldehydes is 1. The van der Waals surface area contributed by atoms with Crippen LogP contribution >= 0.6 is 22.6 Å². The van der Waals surface area contributed by atoms with Crippen LogP contribution in [-0.4, -0.2) is 77.8 Å². The van der Waals surface area contributed by atoms with E-state index in [-0.39, 0.29) is 43.3 Å². The highest BCUT2D eigenvalue weighted by atomic mass is 127. The molecule has 3 unspecified atom stereocenters. The fourth-order valence-corrected chi connectivity index (χ4v) is 6.25. The molecule has 3 atom stereocenters. The van der Waals surface area contributed by atoms with Gasteiger partial charge in [-0.1, -0.05) is 25.7 Å². The third-order valence-electron chi connectivity index (χ3n) is 7.61. The maximum atomic E-state index is 13.7. The smallest absolute Gasteiger partial charge is 0.247 e. The summed E-state index contributed by atoms with van der Waals surface area (Å²) < 4.78 is 12.4. The first-order valence-corrected chi connectivity index (χ1v) is 14.5. The van der Waals surface area contributed by atoms with Crippen LogP contribution in [0.2, 0.25) is 0 Å². The molecule has 0 aromatic heterocycles. The van der Waals surface area contributed by atoms with E-state index in [1.54, 1.807) is 18.2 Å². The molecule has 3 aliphatic carbocycles. The Hall–Kier alpha value is -2.18. The largest absolute Gasteiger partial charge is 0.493 e. The van der Waals surface area contributed by atoms with Crippen LogP contribution in [0.25, 0.3) is 0 Å². The summed E-state index contributed by atoms with van der Waals surface area (Å²) in [6.07, 6.45) is 8.27. The van der Waals surface area contributed by atoms with Crippen molar-refractivity contribution >= 4 is 40.7 Å². The van der Waals surface area contributed by atoms with Crippen molar-refractivity contribution < 1.29 is 34.1 Å². The number of nitrogens with one attached hydrogen (secondary N) is 1. The van der Waals surface area contributed by atoms with Gasteiger partial charge in [-0.05, 0) is 66.5 Å². The summed E-state index contributed by atoms with van der Waals surface area (Å²) in [6.45, 7) is -0.0982. The summed E-state index contributed by atoms with van der Waals surface area (Å²) in [5.74, 6) is 0.354. The van der Waals surface area contributed by atoms with Crippen LogP contribution in [0, 0.1) is 9.49 Å². The van der Waals surface area contributed by atoms with Gasteiger partial charge in [0.2, 0.25) is 11.8 Å². The highest BCUT2D eigenvalue weighted by Crippen LogP contribution is 2.40. The Bertz CT molecular complexity index is 1050. The van der Waals surface area contributed by atoms with E-state index in [0.29, 0.717) is 26.2 Å². The zero-order chi connectivity index (χ0) is 27.2. The molecule has 0 bridgehead atoms. The third-order valence-corrected chi connectivity index (χ3v) is 8.41. The van der Waals surface area contributed by atoms with Crippen LogP contribution in [0.5, 0.6) is 11.5 Å². The monoisotopic (exact) mass is 640 g/mol.